The smallest absolute Gasteiger partial charge is 0.293 e. The van der Waals surface area contributed by atoms with Crippen molar-refractivity contribution < 1.29 is 14.3 Å². The summed E-state index contributed by atoms with van der Waals surface area (Å²) >= 11 is 13.9. The summed E-state index contributed by atoms with van der Waals surface area (Å²) in [7, 11) is 1.58. The van der Waals surface area contributed by atoms with E-state index < -0.39 is 0 Å². The molecular formula is C29H26Cl2N4O3. The quantitative estimate of drug-likeness (QED) is 0.195. The number of hydrogen-bond donors (Lipinski definition) is 2. The Morgan fingerprint density at radius 3 is 2.66 bits per heavy atom. The van der Waals surface area contributed by atoms with Crippen LogP contribution in [0.4, 0.5) is 0 Å². The normalized spacial score (nSPS) is 12.3. The van der Waals surface area contributed by atoms with E-state index >= 15 is 0 Å². The number of fused-ring (bicyclic) bond motifs is 1. The van der Waals surface area contributed by atoms with Crippen molar-refractivity contribution >= 4 is 29.7 Å². The zero-order valence-corrected chi connectivity index (χ0v) is 22.3. The van der Waals surface area contributed by atoms with Crippen LogP contribution in [0.15, 0.2) is 60.8 Å². The number of rotatable bonds is 10. The molecule has 9 heteroatoms. The number of hydrogen-bond acceptors (Lipinski definition) is 7. The minimum absolute atomic E-state index is 0.294. The van der Waals surface area contributed by atoms with Gasteiger partial charge in [0.15, 0.2) is 0 Å². The van der Waals surface area contributed by atoms with Crippen LogP contribution in [-0.4, -0.2) is 36.7 Å². The number of carbonyl (C=O) groups excluding carboxylic acids is 1. The second-order valence-electron chi connectivity index (χ2n) is 8.78. The predicted molar refractivity (Wildman–Crippen MR) is 149 cm³/mol. The Balaban J connectivity index is 1.46. The maximum absolute atomic E-state index is 10.3. The van der Waals surface area contributed by atoms with Gasteiger partial charge >= 0.3 is 0 Å². The van der Waals surface area contributed by atoms with Gasteiger partial charge in [-0.15, -0.1) is 0 Å². The number of nitrogens with one attached hydrogen (secondary N) is 2. The zero-order valence-electron chi connectivity index (χ0n) is 20.8. The number of ether oxygens (including phenoxy) is 2. The highest BCUT2D eigenvalue weighted by Gasteiger charge is 2.19. The average Bonchev–Trinajstić information content (AvgIpc) is 3.42. The van der Waals surface area contributed by atoms with Crippen LogP contribution in [0.25, 0.3) is 33.6 Å². The SMILES string of the molecule is COc1nc(-c2cccc(-c3ccnc(-c4ccc5c(c4)CNC5)c3Cl)c2Cl)ccc1CNCCOC=O. The van der Waals surface area contributed by atoms with Gasteiger partial charge in [0.05, 0.1) is 28.5 Å². The molecule has 1 aliphatic heterocycles. The Labute approximate surface area is 231 Å². The van der Waals surface area contributed by atoms with E-state index in [9.17, 15) is 4.79 Å². The Hall–Kier alpha value is -3.49. The zero-order chi connectivity index (χ0) is 26.5. The second-order valence-corrected chi connectivity index (χ2v) is 9.54. The molecule has 3 heterocycles. The molecule has 0 spiro atoms. The summed E-state index contributed by atoms with van der Waals surface area (Å²) in [5.74, 6) is 0.489. The molecule has 5 rings (SSSR count). The lowest BCUT2D eigenvalue weighted by atomic mass is 9.98. The minimum Gasteiger partial charge on any atom is -0.481 e. The van der Waals surface area contributed by atoms with Gasteiger partial charge in [0.2, 0.25) is 5.88 Å². The van der Waals surface area contributed by atoms with Gasteiger partial charge in [0, 0.05) is 60.2 Å². The lowest BCUT2D eigenvalue weighted by Gasteiger charge is -2.15. The fourth-order valence-corrected chi connectivity index (χ4v) is 5.21. The Morgan fingerprint density at radius 1 is 1.00 bits per heavy atom. The molecule has 0 unspecified atom stereocenters. The largest absolute Gasteiger partial charge is 0.481 e. The third-order valence-corrected chi connectivity index (χ3v) is 7.27. The van der Waals surface area contributed by atoms with Crippen LogP contribution >= 0.6 is 23.2 Å². The summed E-state index contributed by atoms with van der Waals surface area (Å²) in [6, 6.07) is 17.9. The molecule has 4 aromatic rings. The van der Waals surface area contributed by atoms with Crippen molar-refractivity contribution in [3.05, 3.63) is 87.5 Å². The van der Waals surface area contributed by atoms with Crippen molar-refractivity contribution in [1.82, 2.24) is 20.6 Å². The van der Waals surface area contributed by atoms with Gasteiger partial charge in [0.1, 0.15) is 6.61 Å². The minimum atomic E-state index is 0.294. The molecule has 38 heavy (non-hydrogen) atoms. The van der Waals surface area contributed by atoms with Gasteiger partial charge in [-0.1, -0.05) is 59.6 Å². The van der Waals surface area contributed by atoms with Gasteiger partial charge in [-0.3, -0.25) is 9.78 Å². The molecule has 0 saturated heterocycles. The van der Waals surface area contributed by atoms with Crippen LogP contribution in [0.3, 0.4) is 0 Å². The standard InChI is InChI=1S/C29H26Cl2N4O3/c1-37-29-20(15-32-11-12-38-17-36)7-8-25(35-29)24-4-2-3-22(26(24)30)23-9-10-34-28(27(23)31)18-5-6-19-14-33-16-21(19)13-18/h2-10,13,17,32-33H,11-12,14-16H2,1H3. The first-order chi connectivity index (χ1) is 18.6. The first-order valence-corrected chi connectivity index (χ1v) is 12.9. The van der Waals surface area contributed by atoms with E-state index in [0.717, 1.165) is 46.6 Å². The van der Waals surface area contributed by atoms with Crippen molar-refractivity contribution in [2.45, 2.75) is 19.6 Å². The molecule has 2 N–H and O–H groups in total. The molecule has 0 aliphatic carbocycles. The van der Waals surface area contributed by atoms with Crippen molar-refractivity contribution in [2.24, 2.45) is 0 Å². The van der Waals surface area contributed by atoms with Crippen LogP contribution in [0, 0.1) is 0 Å². The predicted octanol–water partition coefficient (Wildman–Crippen LogP) is 5.66. The highest BCUT2D eigenvalue weighted by atomic mass is 35.5. The molecule has 1 aliphatic rings. The van der Waals surface area contributed by atoms with Gasteiger partial charge in [0.25, 0.3) is 6.47 Å². The number of carbonyl (C=O) groups is 1. The lowest BCUT2D eigenvalue weighted by molar-refractivity contribution is -0.128. The van der Waals surface area contributed by atoms with E-state index in [2.05, 4.69) is 33.8 Å². The Kier molecular flexibility index (Phi) is 8.20. The number of aromatic nitrogens is 2. The molecule has 0 atom stereocenters. The molecule has 0 saturated carbocycles. The van der Waals surface area contributed by atoms with Crippen LogP contribution in [0.2, 0.25) is 10.0 Å². The third kappa shape index (κ3) is 5.37. The number of nitrogens with zero attached hydrogens (tertiary/aromatic N) is 2. The number of benzene rings is 2. The molecule has 194 valence electrons. The van der Waals surface area contributed by atoms with Gasteiger partial charge in [-0.05, 0) is 29.3 Å². The summed E-state index contributed by atoms with van der Waals surface area (Å²) in [5.41, 5.74) is 8.16. The second kappa shape index (κ2) is 11.9. The molecular weight excluding hydrogens is 523 g/mol. The van der Waals surface area contributed by atoms with Crippen molar-refractivity contribution in [3.63, 3.8) is 0 Å². The van der Waals surface area contributed by atoms with Crippen LogP contribution in [0.5, 0.6) is 5.88 Å². The Morgan fingerprint density at radius 2 is 1.82 bits per heavy atom. The van der Waals surface area contributed by atoms with Crippen molar-refractivity contribution in [1.29, 1.82) is 0 Å². The molecule has 7 nitrogen and oxygen atoms in total. The lowest BCUT2D eigenvalue weighted by Crippen LogP contribution is -2.19. The molecule has 0 amide bonds. The molecule has 2 aromatic heterocycles. The van der Waals surface area contributed by atoms with E-state index in [1.54, 1.807) is 13.3 Å². The average molecular weight is 549 g/mol. The van der Waals surface area contributed by atoms with Crippen molar-refractivity contribution in [2.75, 3.05) is 20.3 Å². The first kappa shape index (κ1) is 26.1. The maximum atomic E-state index is 10.3. The van der Waals surface area contributed by atoms with E-state index in [1.165, 1.54) is 11.1 Å². The van der Waals surface area contributed by atoms with Gasteiger partial charge < -0.3 is 20.1 Å². The number of pyridine rings is 2. The van der Waals surface area contributed by atoms with Gasteiger partial charge in [-0.2, -0.15) is 0 Å². The highest BCUT2D eigenvalue weighted by molar-refractivity contribution is 6.39. The van der Waals surface area contributed by atoms with Gasteiger partial charge in [-0.25, -0.2) is 4.98 Å². The summed E-state index contributed by atoms with van der Waals surface area (Å²) in [5, 5.41) is 7.65. The summed E-state index contributed by atoms with van der Waals surface area (Å²) in [6.45, 7) is 3.49. The molecule has 0 bridgehead atoms. The van der Waals surface area contributed by atoms with Crippen LogP contribution in [0.1, 0.15) is 16.7 Å². The van der Waals surface area contributed by atoms with Crippen LogP contribution in [-0.2, 0) is 29.2 Å². The third-order valence-electron chi connectivity index (χ3n) is 6.48. The Bertz CT molecular complexity index is 1480. The van der Waals surface area contributed by atoms with Crippen LogP contribution < -0.4 is 15.4 Å². The summed E-state index contributed by atoms with van der Waals surface area (Å²) in [4.78, 5) is 19.6. The monoisotopic (exact) mass is 548 g/mol. The summed E-state index contributed by atoms with van der Waals surface area (Å²) in [6.07, 6.45) is 1.76. The first-order valence-electron chi connectivity index (χ1n) is 12.2. The van der Waals surface area contributed by atoms with E-state index in [4.69, 9.17) is 37.7 Å². The van der Waals surface area contributed by atoms with Crippen molar-refractivity contribution in [3.8, 4) is 39.5 Å². The van der Waals surface area contributed by atoms with E-state index in [0.29, 0.717) is 47.8 Å². The van der Waals surface area contributed by atoms with E-state index in [-0.39, 0.29) is 0 Å². The van der Waals surface area contributed by atoms with E-state index in [1.807, 2.05) is 36.4 Å². The number of methoxy groups -OCH3 is 1. The summed E-state index contributed by atoms with van der Waals surface area (Å²) < 4.78 is 10.2. The number of halogens is 2. The molecule has 2 aromatic carbocycles. The maximum Gasteiger partial charge on any atom is 0.293 e. The highest BCUT2D eigenvalue weighted by Crippen LogP contribution is 2.42. The molecule has 0 fully saturated rings. The fourth-order valence-electron chi connectivity index (χ4n) is 4.57. The topological polar surface area (TPSA) is 85.4 Å². The molecule has 0 radical (unpaired) electrons. The fraction of sp³-hybridized carbons (Fsp3) is 0.207.